The number of carbonyl (C=O) groups excluding carboxylic acids is 1. The molecule has 23 heavy (non-hydrogen) atoms. The zero-order valence-corrected chi connectivity index (χ0v) is 13.0. The molecule has 6 heteroatoms. The van der Waals surface area contributed by atoms with Gasteiger partial charge in [0.1, 0.15) is 12.1 Å². The Bertz CT molecular complexity index is 832. The minimum Gasteiger partial charge on any atom is -0.360 e. The SMILES string of the molecule is O=C(CNc1ncnc2ccccc12)NCc1ccccc1Cl. The number of rotatable bonds is 5. The minimum atomic E-state index is -0.132. The summed E-state index contributed by atoms with van der Waals surface area (Å²) in [5, 5.41) is 7.40. The molecular weight excluding hydrogens is 312 g/mol. The molecule has 0 saturated heterocycles. The van der Waals surface area contributed by atoms with E-state index in [1.807, 2.05) is 42.5 Å². The first-order valence-electron chi connectivity index (χ1n) is 7.18. The summed E-state index contributed by atoms with van der Waals surface area (Å²) in [4.78, 5) is 20.4. The number of benzene rings is 2. The van der Waals surface area contributed by atoms with Crippen LogP contribution in [0.2, 0.25) is 5.02 Å². The van der Waals surface area contributed by atoms with Gasteiger partial charge in [-0.25, -0.2) is 9.97 Å². The van der Waals surface area contributed by atoms with Gasteiger partial charge in [0.15, 0.2) is 0 Å². The molecule has 0 bridgehead atoms. The van der Waals surface area contributed by atoms with E-state index < -0.39 is 0 Å². The van der Waals surface area contributed by atoms with E-state index in [4.69, 9.17) is 11.6 Å². The maximum atomic E-state index is 12.0. The minimum absolute atomic E-state index is 0.130. The van der Waals surface area contributed by atoms with Crippen molar-refractivity contribution in [2.75, 3.05) is 11.9 Å². The van der Waals surface area contributed by atoms with Gasteiger partial charge in [-0.3, -0.25) is 4.79 Å². The monoisotopic (exact) mass is 326 g/mol. The summed E-state index contributed by atoms with van der Waals surface area (Å²) in [6.07, 6.45) is 1.48. The van der Waals surface area contributed by atoms with Gasteiger partial charge in [0.25, 0.3) is 0 Å². The molecule has 1 aromatic heterocycles. The van der Waals surface area contributed by atoms with E-state index >= 15 is 0 Å². The highest BCUT2D eigenvalue weighted by Gasteiger charge is 2.06. The lowest BCUT2D eigenvalue weighted by Crippen LogP contribution is -2.29. The number of amides is 1. The molecule has 0 aliphatic carbocycles. The average Bonchev–Trinajstić information content (AvgIpc) is 2.59. The molecule has 3 rings (SSSR count). The normalized spacial score (nSPS) is 10.5. The van der Waals surface area contributed by atoms with E-state index in [0.29, 0.717) is 17.4 Å². The van der Waals surface area contributed by atoms with Crippen molar-refractivity contribution in [1.82, 2.24) is 15.3 Å². The number of halogens is 1. The molecule has 0 unspecified atom stereocenters. The average molecular weight is 327 g/mol. The lowest BCUT2D eigenvalue weighted by atomic mass is 10.2. The summed E-state index contributed by atoms with van der Waals surface area (Å²) in [6, 6.07) is 15.1. The van der Waals surface area contributed by atoms with Gasteiger partial charge in [-0.15, -0.1) is 0 Å². The third kappa shape index (κ3) is 3.76. The Balaban J connectivity index is 1.59. The fourth-order valence-electron chi connectivity index (χ4n) is 2.21. The predicted molar refractivity (Wildman–Crippen MR) is 91.3 cm³/mol. The summed E-state index contributed by atoms with van der Waals surface area (Å²) < 4.78 is 0. The highest BCUT2D eigenvalue weighted by Crippen LogP contribution is 2.18. The standard InChI is InChI=1S/C17H15ClN4O/c18-14-7-3-1-5-12(14)9-19-16(23)10-20-17-13-6-2-4-8-15(13)21-11-22-17/h1-8,11H,9-10H2,(H,19,23)(H,20,21,22). The van der Waals surface area contributed by atoms with Crippen LogP contribution in [0, 0.1) is 0 Å². The quantitative estimate of drug-likeness (QED) is 0.756. The zero-order valence-electron chi connectivity index (χ0n) is 12.3. The number of anilines is 1. The Kier molecular flexibility index (Phi) is 4.68. The molecule has 1 amide bonds. The number of hydrogen-bond donors (Lipinski definition) is 2. The van der Waals surface area contributed by atoms with Crippen LogP contribution < -0.4 is 10.6 Å². The third-order valence-electron chi connectivity index (χ3n) is 3.39. The van der Waals surface area contributed by atoms with Crippen molar-refractivity contribution in [3.05, 3.63) is 65.4 Å². The number of fused-ring (bicyclic) bond motifs is 1. The maximum Gasteiger partial charge on any atom is 0.239 e. The van der Waals surface area contributed by atoms with Crippen LogP contribution in [-0.4, -0.2) is 22.4 Å². The largest absolute Gasteiger partial charge is 0.360 e. The summed E-state index contributed by atoms with van der Waals surface area (Å²) >= 11 is 6.06. The smallest absolute Gasteiger partial charge is 0.239 e. The molecular formula is C17H15ClN4O. The van der Waals surface area contributed by atoms with Crippen LogP contribution in [0.5, 0.6) is 0 Å². The van der Waals surface area contributed by atoms with E-state index in [1.54, 1.807) is 6.07 Å². The highest BCUT2D eigenvalue weighted by molar-refractivity contribution is 6.31. The van der Waals surface area contributed by atoms with Crippen molar-refractivity contribution in [3.8, 4) is 0 Å². The molecule has 0 aliphatic rings. The molecule has 2 aromatic carbocycles. The van der Waals surface area contributed by atoms with Crippen molar-refractivity contribution in [2.24, 2.45) is 0 Å². The van der Waals surface area contributed by atoms with Gasteiger partial charge in [-0.2, -0.15) is 0 Å². The van der Waals surface area contributed by atoms with Crippen LogP contribution >= 0.6 is 11.6 Å². The first-order chi connectivity index (χ1) is 11.2. The molecule has 0 radical (unpaired) electrons. The van der Waals surface area contributed by atoms with E-state index in [-0.39, 0.29) is 12.5 Å². The van der Waals surface area contributed by atoms with Gasteiger partial charge >= 0.3 is 0 Å². The van der Waals surface area contributed by atoms with Crippen molar-refractivity contribution in [1.29, 1.82) is 0 Å². The number of aromatic nitrogens is 2. The molecule has 0 spiro atoms. The summed E-state index contributed by atoms with van der Waals surface area (Å²) in [5.74, 6) is 0.510. The molecule has 0 fully saturated rings. The van der Waals surface area contributed by atoms with Gasteiger partial charge in [0.05, 0.1) is 12.1 Å². The van der Waals surface area contributed by atoms with E-state index in [2.05, 4.69) is 20.6 Å². The van der Waals surface area contributed by atoms with Crippen molar-refractivity contribution in [2.45, 2.75) is 6.54 Å². The van der Waals surface area contributed by atoms with Crippen LogP contribution in [0.15, 0.2) is 54.9 Å². The Labute approximate surface area is 138 Å². The van der Waals surface area contributed by atoms with Crippen molar-refractivity contribution in [3.63, 3.8) is 0 Å². The summed E-state index contributed by atoms with van der Waals surface area (Å²) in [7, 11) is 0. The Hall–Kier alpha value is -2.66. The van der Waals surface area contributed by atoms with Crippen molar-refractivity contribution >= 4 is 34.2 Å². The van der Waals surface area contributed by atoms with E-state index in [1.165, 1.54) is 6.33 Å². The first-order valence-corrected chi connectivity index (χ1v) is 7.55. The first kappa shape index (κ1) is 15.2. The fraction of sp³-hybridized carbons (Fsp3) is 0.118. The maximum absolute atomic E-state index is 12.0. The van der Waals surface area contributed by atoms with Gasteiger partial charge in [0, 0.05) is 17.0 Å². The Morgan fingerprint density at radius 1 is 1.04 bits per heavy atom. The second-order valence-electron chi connectivity index (χ2n) is 4.96. The topological polar surface area (TPSA) is 66.9 Å². The molecule has 3 aromatic rings. The number of hydrogen-bond acceptors (Lipinski definition) is 4. The fourth-order valence-corrected chi connectivity index (χ4v) is 2.41. The molecule has 1 heterocycles. The van der Waals surface area contributed by atoms with E-state index in [0.717, 1.165) is 16.5 Å². The number of nitrogens with zero attached hydrogens (tertiary/aromatic N) is 2. The van der Waals surface area contributed by atoms with Crippen LogP contribution in [0.4, 0.5) is 5.82 Å². The molecule has 0 atom stereocenters. The van der Waals surface area contributed by atoms with E-state index in [9.17, 15) is 4.79 Å². The molecule has 0 aliphatic heterocycles. The van der Waals surface area contributed by atoms with Crippen LogP contribution in [0.25, 0.3) is 10.9 Å². The number of para-hydroxylation sites is 1. The summed E-state index contributed by atoms with van der Waals surface area (Å²) in [5.41, 5.74) is 1.72. The van der Waals surface area contributed by atoms with Crippen molar-refractivity contribution < 1.29 is 4.79 Å². The van der Waals surface area contributed by atoms with Gasteiger partial charge in [0.2, 0.25) is 5.91 Å². The molecule has 2 N–H and O–H groups in total. The van der Waals surface area contributed by atoms with Crippen LogP contribution in [0.1, 0.15) is 5.56 Å². The molecule has 5 nitrogen and oxygen atoms in total. The summed E-state index contributed by atoms with van der Waals surface area (Å²) in [6.45, 7) is 0.524. The van der Waals surface area contributed by atoms with Crippen LogP contribution in [-0.2, 0) is 11.3 Å². The number of carbonyl (C=O) groups is 1. The predicted octanol–water partition coefficient (Wildman–Crippen LogP) is 3.01. The lowest BCUT2D eigenvalue weighted by Gasteiger charge is -2.09. The van der Waals surface area contributed by atoms with Gasteiger partial charge in [-0.05, 0) is 23.8 Å². The zero-order chi connectivity index (χ0) is 16.1. The molecule has 116 valence electrons. The molecule has 0 saturated carbocycles. The van der Waals surface area contributed by atoms with Gasteiger partial charge < -0.3 is 10.6 Å². The third-order valence-corrected chi connectivity index (χ3v) is 3.76. The van der Waals surface area contributed by atoms with Gasteiger partial charge in [-0.1, -0.05) is 41.9 Å². The number of nitrogens with one attached hydrogen (secondary N) is 2. The Morgan fingerprint density at radius 3 is 2.70 bits per heavy atom. The van der Waals surface area contributed by atoms with Crippen LogP contribution in [0.3, 0.4) is 0 Å². The highest BCUT2D eigenvalue weighted by atomic mass is 35.5. The lowest BCUT2D eigenvalue weighted by molar-refractivity contribution is -0.119. The second-order valence-corrected chi connectivity index (χ2v) is 5.37. The Morgan fingerprint density at radius 2 is 1.83 bits per heavy atom. The second kappa shape index (κ2) is 7.07.